The number of rotatable bonds is 4. The third-order valence-electron chi connectivity index (χ3n) is 5.19. The van der Waals surface area contributed by atoms with E-state index in [0.29, 0.717) is 33.9 Å². The number of amides is 3. The van der Waals surface area contributed by atoms with Gasteiger partial charge in [0.2, 0.25) is 11.7 Å². The Bertz CT molecular complexity index is 1520. The van der Waals surface area contributed by atoms with Gasteiger partial charge in [0.1, 0.15) is 11.3 Å². The molecule has 0 radical (unpaired) electrons. The number of nitrogens with one attached hydrogen (secondary N) is 3. The van der Waals surface area contributed by atoms with E-state index in [2.05, 4.69) is 27.8 Å². The Morgan fingerprint density at radius 2 is 1.61 bits per heavy atom. The Hall–Kier alpha value is -5.37. The van der Waals surface area contributed by atoms with Gasteiger partial charge in [0, 0.05) is 44.2 Å². The zero-order valence-electron chi connectivity index (χ0n) is 20.6. The number of ether oxygens (including phenoxy) is 2. The Balaban J connectivity index is 1.62. The molecule has 3 amide bonds. The molecule has 11 heteroatoms. The summed E-state index contributed by atoms with van der Waals surface area (Å²) in [7, 11) is 0. The molecule has 0 aliphatic carbocycles. The van der Waals surface area contributed by atoms with Gasteiger partial charge in [-0.25, -0.2) is 9.59 Å². The summed E-state index contributed by atoms with van der Waals surface area (Å²) in [6.45, 7) is 4.59. The number of anilines is 3. The number of benzene rings is 3. The average Bonchev–Trinajstić information content (AvgIpc) is 2.82. The molecule has 0 unspecified atom stereocenters. The van der Waals surface area contributed by atoms with Crippen molar-refractivity contribution in [3.05, 3.63) is 87.5 Å². The number of carbonyl (C=O) groups excluding carboxylic acids is 3. The minimum Gasteiger partial charge on any atom is -0.452 e. The average molecular weight is 514 g/mol. The number of nitro groups is 1. The van der Waals surface area contributed by atoms with Gasteiger partial charge in [-0.15, -0.1) is 0 Å². The summed E-state index contributed by atoms with van der Waals surface area (Å²) in [6.07, 6.45) is 0. The Labute approximate surface area is 217 Å². The van der Waals surface area contributed by atoms with Crippen molar-refractivity contribution in [3.63, 3.8) is 0 Å². The van der Waals surface area contributed by atoms with Gasteiger partial charge in [0.25, 0.3) is 5.69 Å². The number of nitrogens with zero attached hydrogens (tertiary/aromatic N) is 1. The van der Waals surface area contributed by atoms with Crippen LogP contribution < -0.4 is 20.7 Å². The molecule has 3 aromatic carbocycles. The van der Waals surface area contributed by atoms with Crippen molar-refractivity contribution >= 4 is 40.7 Å². The van der Waals surface area contributed by atoms with Crippen molar-refractivity contribution in [1.29, 1.82) is 0 Å². The summed E-state index contributed by atoms with van der Waals surface area (Å²) in [5.74, 6) is 4.33. The van der Waals surface area contributed by atoms with Gasteiger partial charge in [-0.3, -0.25) is 14.9 Å². The van der Waals surface area contributed by atoms with Crippen LogP contribution >= 0.6 is 0 Å². The van der Waals surface area contributed by atoms with E-state index in [-0.39, 0.29) is 17.2 Å². The van der Waals surface area contributed by atoms with Crippen LogP contribution in [0.1, 0.15) is 42.3 Å². The molecule has 0 bridgehead atoms. The highest BCUT2D eigenvalue weighted by Crippen LogP contribution is 2.32. The third-order valence-corrected chi connectivity index (χ3v) is 5.19. The van der Waals surface area contributed by atoms with Crippen LogP contribution in [-0.2, 0) is 9.53 Å². The maximum atomic E-state index is 12.7. The van der Waals surface area contributed by atoms with Crippen molar-refractivity contribution in [1.82, 2.24) is 0 Å². The molecule has 38 heavy (non-hydrogen) atoms. The second-order valence-electron chi connectivity index (χ2n) is 8.64. The number of fused-ring (bicyclic) bond motifs is 1. The Kier molecular flexibility index (Phi) is 6.98. The van der Waals surface area contributed by atoms with Crippen LogP contribution in [0.5, 0.6) is 5.75 Å². The fourth-order valence-corrected chi connectivity index (χ4v) is 3.59. The van der Waals surface area contributed by atoms with Crippen LogP contribution in [0, 0.1) is 22.0 Å². The lowest BCUT2D eigenvalue weighted by Crippen LogP contribution is -2.38. The molecule has 192 valence electrons. The number of hydrogen-bond acceptors (Lipinski definition) is 7. The van der Waals surface area contributed by atoms with E-state index in [1.165, 1.54) is 31.2 Å². The van der Waals surface area contributed by atoms with Crippen molar-refractivity contribution < 1.29 is 28.8 Å². The van der Waals surface area contributed by atoms with Gasteiger partial charge in [-0.2, -0.15) is 0 Å². The molecule has 0 fully saturated rings. The molecule has 3 aromatic rings. The lowest BCUT2D eigenvalue weighted by Gasteiger charge is -2.31. The summed E-state index contributed by atoms with van der Waals surface area (Å²) >= 11 is 0. The van der Waals surface area contributed by atoms with Gasteiger partial charge >= 0.3 is 12.0 Å². The Morgan fingerprint density at radius 1 is 0.921 bits per heavy atom. The largest absolute Gasteiger partial charge is 0.452 e. The number of esters is 1. The first-order valence-corrected chi connectivity index (χ1v) is 11.3. The van der Waals surface area contributed by atoms with Crippen molar-refractivity contribution in [2.75, 3.05) is 16.0 Å². The number of cyclic esters (lactones) is 1. The highest BCUT2D eigenvalue weighted by Gasteiger charge is 2.33. The van der Waals surface area contributed by atoms with Crippen molar-refractivity contribution in [3.8, 4) is 17.6 Å². The van der Waals surface area contributed by atoms with E-state index in [9.17, 15) is 24.5 Å². The highest BCUT2D eigenvalue weighted by molar-refractivity contribution is 6.02. The quantitative estimate of drug-likeness (QED) is 0.194. The SMILES string of the molecule is CC(=O)Nc1cccc(NC(=O)Nc2ccc([N+](=O)[O-])cc2)c1C#Cc1ccc2c(c1)OC(C)(C)OC2=O. The maximum absolute atomic E-state index is 12.7. The normalized spacial score (nSPS) is 13.0. The summed E-state index contributed by atoms with van der Waals surface area (Å²) in [6, 6.07) is 14.4. The van der Waals surface area contributed by atoms with Crippen LogP contribution in [0.4, 0.5) is 27.5 Å². The molecule has 0 atom stereocenters. The molecule has 1 aliphatic heterocycles. The monoisotopic (exact) mass is 514 g/mol. The number of hydrogen-bond donors (Lipinski definition) is 3. The van der Waals surface area contributed by atoms with E-state index in [1.807, 2.05) is 0 Å². The van der Waals surface area contributed by atoms with E-state index < -0.39 is 22.7 Å². The summed E-state index contributed by atoms with van der Waals surface area (Å²) in [5, 5.41) is 18.8. The number of carbonyl (C=O) groups is 3. The summed E-state index contributed by atoms with van der Waals surface area (Å²) in [4.78, 5) is 46.9. The molecule has 0 saturated heterocycles. The second-order valence-corrected chi connectivity index (χ2v) is 8.64. The smallest absolute Gasteiger partial charge is 0.345 e. The van der Waals surface area contributed by atoms with Gasteiger partial charge in [-0.1, -0.05) is 17.9 Å². The van der Waals surface area contributed by atoms with Crippen LogP contribution in [0.3, 0.4) is 0 Å². The fourth-order valence-electron chi connectivity index (χ4n) is 3.59. The van der Waals surface area contributed by atoms with Gasteiger partial charge in [-0.05, 0) is 42.5 Å². The molecule has 0 saturated carbocycles. The molecular weight excluding hydrogens is 492 g/mol. The first kappa shape index (κ1) is 25.7. The van der Waals surface area contributed by atoms with Crippen LogP contribution in [0.2, 0.25) is 0 Å². The Morgan fingerprint density at radius 3 is 2.26 bits per heavy atom. The van der Waals surface area contributed by atoms with E-state index >= 15 is 0 Å². The number of non-ortho nitro benzene ring substituents is 1. The highest BCUT2D eigenvalue weighted by atomic mass is 16.7. The van der Waals surface area contributed by atoms with Gasteiger partial charge in [0.15, 0.2) is 0 Å². The lowest BCUT2D eigenvalue weighted by atomic mass is 10.1. The first-order chi connectivity index (χ1) is 18.0. The van der Waals surface area contributed by atoms with E-state index in [1.54, 1.807) is 50.2 Å². The molecule has 1 aliphatic rings. The van der Waals surface area contributed by atoms with Crippen molar-refractivity contribution in [2.24, 2.45) is 0 Å². The number of nitro benzene ring substituents is 1. The molecule has 11 nitrogen and oxygen atoms in total. The fraction of sp³-hybridized carbons (Fsp3) is 0.148. The standard InChI is InChI=1S/C27H22N4O7/c1-16(32)28-22-5-4-6-23(30-26(34)29-18-9-11-19(12-10-18)31(35)36)20(22)13-7-17-8-14-21-24(15-17)37-27(2,3)38-25(21)33/h4-6,8-12,14-15H,1-3H3,(H,28,32)(H2,29,30,34). The zero-order chi connectivity index (χ0) is 27.4. The van der Waals surface area contributed by atoms with E-state index in [4.69, 9.17) is 9.47 Å². The molecule has 0 spiro atoms. The first-order valence-electron chi connectivity index (χ1n) is 11.3. The van der Waals surface area contributed by atoms with E-state index in [0.717, 1.165) is 0 Å². The summed E-state index contributed by atoms with van der Waals surface area (Å²) in [5.41, 5.74) is 2.05. The minimum atomic E-state index is -1.12. The zero-order valence-corrected chi connectivity index (χ0v) is 20.6. The molecular formula is C27H22N4O7. The number of urea groups is 1. The topological polar surface area (TPSA) is 149 Å². The van der Waals surface area contributed by atoms with Crippen LogP contribution in [0.25, 0.3) is 0 Å². The predicted octanol–water partition coefficient (Wildman–Crippen LogP) is 4.88. The van der Waals surface area contributed by atoms with Gasteiger partial charge < -0.3 is 25.4 Å². The molecule has 1 heterocycles. The molecule has 3 N–H and O–H groups in total. The predicted molar refractivity (Wildman–Crippen MR) is 139 cm³/mol. The van der Waals surface area contributed by atoms with Crippen LogP contribution in [0.15, 0.2) is 60.7 Å². The second kappa shape index (κ2) is 10.3. The summed E-state index contributed by atoms with van der Waals surface area (Å²) < 4.78 is 11.0. The lowest BCUT2D eigenvalue weighted by molar-refractivity contribution is -0.384. The van der Waals surface area contributed by atoms with Crippen molar-refractivity contribution in [2.45, 2.75) is 26.6 Å². The molecule has 4 rings (SSSR count). The maximum Gasteiger partial charge on any atom is 0.345 e. The van der Waals surface area contributed by atoms with Crippen LogP contribution in [-0.4, -0.2) is 28.6 Å². The van der Waals surface area contributed by atoms with Gasteiger partial charge in [0.05, 0.1) is 21.9 Å². The third kappa shape index (κ3) is 6.06. The molecule has 0 aromatic heterocycles. The minimum absolute atomic E-state index is 0.107.